The zero-order chi connectivity index (χ0) is 24.9. The Balaban J connectivity index is 1.57. The molecule has 5 fully saturated rings. The van der Waals surface area contributed by atoms with E-state index in [9.17, 15) is 19.8 Å². The van der Waals surface area contributed by atoms with Gasteiger partial charge in [-0.3, -0.25) is 9.59 Å². The lowest BCUT2D eigenvalue weighted by molar-refractivity contribution is -0.235. The van der Waals surface area contributed by atoms with Gasteiger partial charge in [0.1, 0.15) is 5.78 Å². The molecule has 0 spiro atoms. The summed E-state index contributed by atoms with van der Waals surface area (Å²) in [5.74, 6) is 1.38. The van der Waals surface area contributed by atoms with Gasteiger partial charge in [0.15, 0.2) is 0 Å². The lowest BCUT2D eigenvalue weighted by Crippen LogP contribution is -2.66. The molecule has 4 nitrogen and oxygen atoms in total. The average molecular weight is 471 g/mol. The van der Waals surface area contributed by atoms with E-state index in [1.807, 2.05) is 0 Å². The van der Waals surface area contributed by atoms with Crippen molar-refractivity contribution in [3.63, 3.8) is 0 Å². The molecular formula is C30H46O4. The molecule has 9 atom stereocenters. The molecule has 5 aliphatic carbocycles. The summed E-state index contributed by atoms with van der Waals surface area (Å²) in [5.41, 5.74) is 0.341. The van der Waals surface area contributed by atoms with E-state index in [2.05, 4.69) is 41.2 Å². The van der Waals surface area contributed by atoms with Crippen molar-refractivity contribution in [2.75, 3.05) is 6.61 Å². The maximum absolute atomic E-state index is 12.9. The van der Waals surface area contributed by atoms with Crippen molar-refractivity contribution < 1.29 is 19.8 Å². The molecule has 5 saturated carbocycles. The zero-order valence-corrected chi connectivity index (χ0v) is 22.1. The van der Waals surface area contributed by atoms with Gasteiger partial charge in [0.25, 0.3) is 0 Å². The Hall–Kier alpha value is -1.16. The lowest BCUT2D eigenvalue weighted by atomic mass is 9.32. The summed E-state index contributed by atoms with van der Waals surface area (Å²) in [4.78, 5) is 25.7. The molecule has 0 amide bonds. The van der Waals surface area contributed by atoms with Crippen molar-refractivity contribution >= 4 is 11.8 Å². The van der Waals surface area contributed by atoms with E-state index in [1.54, 1.807) is 0 Å². The van der Waals surface area contributed by atoms with E-state index in [0.29, 0.717) is 30.0 Å². The third-order valence-corrected chi connectivity index (χ3v) is 13.3. The van der Waals surface area contributed by atoms with Crippen LogP contribution < -0.4 is 0 Å². The first kappa shape index (κ1) is 24.5. The number of hydrogen-bond donors (Lipinski definition) is 2. The smallest absolute Gasteiger partial charge is 0.309 e. The molecule has 4 unspecified atom stereocenters. The van der Waals surface area contributed by atoms with Crippen LogP contribution in [0.25, 0.3) is 0 Å². The van der Waals surface area contributed by atoms with E-state index in [0.717, 1.165) is 63.4 Å². The highest BCUT2D eigenvalue weighted by Crippen LogP contribution is 2.77. The molecule has 0 aromatic heterocycles. The highest BCUT2D eigenvalue weighted by atomic mass is 16.4. The first-order valence-corrected chi connectivity index (χ1v) is 13.8. The molecule has 34 heavy (non-hydrogen) atoms. The number of ketones is 1. The molecule has 4 heteroatoms. The van der Waals surface area contributed by atoms with Crippen LogP contribution in [0.5, 0.6) is 0 Å². The van der Waals surface area contributed by atoms with Gasteiger partial charge in [0, 0.05) is 11.8 Å². The summed E-state index contributed by atoms with van der Waals surface area (Å²) < 4.78 is 0. The first-order valence-electron chi connectivity index (χ1n) is 13.8. The van der Waals surface area contributed by atoms with Crippen LogP contribution in [0.15, 0.2) is 12.2 Å². The second-order valence-electron chi connectivity index (χ2n) is 14.3. The molecule has 5 rings (SSSR count). The predicted molar refractivity (Wildman–Crippen MR) is 133 cm³/mol. The SMILES string of the molecule is C=C(CO)[C@@H]1CC[C@]2(C(=O)O)CC[C@]3(C)C(CCC4[C@@]5(C)CCC(=O)C(C)(C)C5CC[C@]43C)C12. The van der Waals surface area contributed by atoms with Crippen LogP contribution in [-0.4, -0.2) is 28.6 Å². The Labute approximate surface area is 206 Å². The largest absolute Gasteiger partial charge is 0.481 e. The summed E-state index contributed by atoms with van der Waals surface area (Å²) in [6.45, 7) is 16.1. The van der Waals surface area contributed by atoms with Gasteiger partial charge >= 0.3 is 5.97 Å². The predicted octanol–water partition coefficient (Wildman–Crippen LogP) is 6.27. The maximum Gasteiger partial charge on any atom is 0.309 e. The van der Waals surface area contributed by atoms with Crippen molar-refractivity contribution in [3.8, 4) is 0 Å². The van der Waals surface area contributed by atoms with Gasteiger partial charge in [-0.1, -0.05) is 41.2 Å². The van der Waals surface area contributed by atoms with Crippen molar-refractivity contribution in [2.24, 2.45) is 56.7 Å². The fourth-order valence-corrected chi connectivity index (χ4v) is 11.3. The van der Waals surface area contributed by atoms with E-state index >= 15 is 0 Å². The molecule has 190 valence electrons. The number of aliphatic carboxylic acids is 1. The molecule has 0 radical (unpaired) electrons. The van der Waals surface area contributed by atoms with Crippen molar-refractivity contribution in [1.29, 1.82) is 0 Å². The van der Waals surface area contributed by atoms with Crippen molar-refractivity contribution in [3.05, 3.63) is 12.2 Å². The number of hydrogen-bond acceptors (Lipinski definition) is 3. The fraction of sp³-hybridized carbons (Fsp3) is 0.867. The normalized spacial score (nSPS) is 51.6. The molecule has 2 N–H and O–H groups in total. The van der Waals surface area contributed by atoms with Gasteiger partial charge in [0.05, 0.1) is 12.0 Å². The van der Waals surface area contributed by atoms with E-state index in [1.165, 1.54) is 0 Å². The molecule has 0 aromatic carbocycles. The fourth-order valence-electron chi connectivity index (χ4n) is 11.3. The number of carboxylic acids is 1. The van der Waals surface area contributed by atoms with Crippen LogP contribution in [0.4, 0.5) is 0 Å². The number of carbonyl (C=O) groups is 2. The average Bonchev–Trinajstić information content (AvgIpc) is 3.18. The van der Waals surface area contributed by atoms with Crippen LogP contribution in [0.3, 0.4) is 0 Å². The minimum atomic E-state index is -0.656. The van der Waals surface area contributed by atoms with Gasteiger partial charge in [-0.25, -0.2) is 0 Å². The minimum Gasteiger partial charge on any atom is -0.481 e. The number of fused-ring (bicyclic) bond motifs is 7. The van der Waals surface area contributed by atoms with Crippen molar-refractivity contribution in [1.82, 2.24) is 0 Å². The quantitative estimate of drug-likeness (QED) is 0.477. The summed E-state index contributed by atoms with van der Waals surface area (Å²) in [7, 11) is 0. The summed E-state index contributed by atoms with van der Waals surface area (Å²) in [6.07, 6.45) is 9.46. The number of carbonyl (C=O) groups excluding carboxylic acids is 1. The van der Waals surface area contributed by atoms with Gasteiger partial charge in [-0.15, -0.1) is 0 Å². The number of aliphatic hydroxyl groups is 1. The number of rotatable bonds is 3. The lowest BCUT2D eigenvalue weighted by Gasteiger charge is -2.72. The second kappa shape index (κ2) is 7.43. The van der Waals surface area contributed by atoms with Gasteiger partial charge in [0.2, 0.25) is 0 Å². The topological polar surface area (TPSA) is 74.6 Å². The molecule has 0 aromatic rings. The standard InChI is InChI=1S/C30H46O4/c1-18(17-31)19-9-14-30(25(33)34)16-15-28(5)20(24(19)30)7-8-22-27(4)12-11-23(32)26(2,3)21(27)10-13-29(22,28)6/h19-22,24,31H,1,7-17H2,2-6H3,(H,33,34)/t19-,20?,21?,22?,24?,27-,28+,29+,30-/m0/s1. The highest BCUT2D eigenvalue weighted by Gasteiger charge is 2.72. The molecule has 0 aliphatic heterocycles. The highest BCUT2D eigenvalue weighted by molar-refractivity contribution is 5.85. The third kappa shape index (κ3) is 2.75. The maximum atomic E-state index is 12.9. The summed E-state index contributed by atoms with van der Waals surface area (Å²) in [5, 5.41) is 20.5. The summed E-state index contributed by atoms with van der Waals surface area (Å²) in [6, 6.07) is 0. The first-order chi connectivity index (χ1) is 15.8. The molecule has 0 bridgehead atoms. The number of carboxylic acid groups (broad SMARTS) is 1. The number of Topliss-reactive ketones (excluding diaryl/α,β-unsaturated/α-hetero) is 1. The third-order valence-electron chi connectivity index (χ3n) is 13.3. The molecule has 5 aliphatic rings. The van der Waals surface area contributed by atoms with E-state index < -0.39 is 11.4 Å². The Morgan fingerprint density at radius 3 is 2.26 bits per heavy atom. The minimum absolute atomic E-state index is 0.0386. The molecular weight excluding hydrogens is 424 g/mol. The van der Waals surface area contributed by atoms with Crippen molar-refractivity contribution in [2.45, 2.75) is 98.8 Å². The van der Waals surface area contributed by atoms with Crippen LogP contribution in [-0.2, 0) is 9.59 Å². The van der Waals surface area contributed by atoms with Crippen LogP contribution >= 0.6 is 0 Å². The Bertz CT molecular complexity index is 921. The Kier molecular flexibility index (Phi) is 5.36. The molecule has 0 saturated heterocycles. The zero-order valence-electron chi connectivity index (χ0n) is 22.1. The van der Waals surface area contributed by atoms with Crippen LogP contribution in [0, 0.1) is 56.7 Å². The Morgan fingerprint density at radius 2 is 1.62 bits per heavy atom. The van der Waals surface area contributed by atoms with Gasteiger partial charge in [-0.05, 0) is 109 Å². The van der Waals surface area contributed by atoms with Crippen LogP contribution in [0.1, 0.15) is 98.8 Å². The molecule has 0 heterocycles. The summed E-state index contributed by atoms with van der Waals surface area (Å²) >= 11 is 0. The second-order valence-corrected chi connectivity index (χ2v) is 14.3. The van der Waals surface area contributed by atoms with E-state index in [4.69, 9.17) is 0 Å². The van der Waals surface area contributed by atoms with Gasteiger partial charge in [-0.2, -0.15) is 0 Å². The monoisotopic (exact) mass is 470 g/mol. The van der Waals surface area contributed by atoms with Gasteiger partial charge < -0.3 is 10.2 Å². The van der Waals surface area contributed by atoms with E-state index in [-0.39, 0.29) is 40.1 Å². The Morgan fingerprint density at radius 1 is 0.912 bits per heavy atom. The van der Waals surface area contributed by atoms with Crippen LogP contribution in [0.2, 0.25) is 0 Å². The number of aliphatic hydroxyl groups excluding tert-OH is 1.